The van der Waals surface area contributed by atoms with E-state index in [1.807, 2.05) is 66.9 Å². The number of rotatable bonds is 9. The maximum Gasteiger partial charge on any atom is 0.287 e. The Balaban J connectivity index is 1.27. The molecule has 0 unspecified atom stereocenters. The first-order valence-electron chi connectivity index (χ1n) is 11.6. The summed E-state index contributed by atoms with van der Waals surface area (Å²) in [6.07, 6.45) is 1.89. The molecule has 0 saturated heterocycles. The van der Waals surface area contributed by atoms with E-state index in [-0.39, 0.29) is 35.4 Å². The Kier molecular flexibility index (Phi) is 7.19. The molecular weight excluding hydrogens is 508 g/mol. The fourth-order valence-corrected chi connectivity index (χ4v) is 3.97. The molecule has 3 aromatic carbocycles. The van der Waals surface area contributed by atoms with Crippen LogP contribution in [0.2, 0.25) is 5.02 Å². The number of hydrogen-bond acceptors (Lipinski definition) is 6. The number of carbonyl (C=O) groups is 1. The van der Waals surface area contributed by atoms with Gasteiger partial charge in [0.2, 0.25) is 0 Å². The van der Waals surface area contributed by atoms with Gasteiger partial charge in [-0.15, -0.1) is 0 Å². The third-order valence-corrected chi connectivity index (χ3v) is 5.99. The van der Waals surface area contributed by atoms with Crippen LogP contribution in [0.1, 0.15) is 21.9 Å². The zero-order chi connectivity index (χ0) is 26.5. The molecule has 2 aromatic heterocycles. The number of nitrogens with one attached hydrogen (secondary N) is 1. The molecule has 5 aromatic rings. The number of halogens is 1. The van der Waals surface area contributed by atoms with Crippen LogP contribution >= 0.6 is 11.6 Å². The zero-order valence-corrected chi connectivity index (χ0v) is 20.7. The van der Waals surface area contributed by atoms with E-state index >= 15 is 0 Å². The number of amides is 1. The quantitative estimate of drug-likeness (QED) is 0.180. The summed E-state index contributed by atoms with van der Waals surface area (Å²) < 4.78 is 13.0. The van der Waals surface area contributed by atoms with Gasteiger partial charge in [-0.05, 0) is 30.3 Å². The molecule has 38 heavy (non-hydrogen) atoms. The maximum atomic E-state index is 12.8. The summed E-state index contributed by atoms with van der Waals surface area (Å²) in [5.74, 6) is 0.202. The molecule has 0 spiro atoms. The van der Waals surface area contributed by atoms with Gasteiger partial charge in [0, 0.05) is 29.9 Å². The molecule has 0 saturated carbocycles. The minimum atomic E-state index is -0.536. The van der Waals surface area contributed by atoms with Crippen molar-refractivity contribution >= 4 is 23.2 Å². The molecule has 1 N–H and O–H groups in total. The molecule has 0 aliphatic carbocycles. The third-order valence-electron chi connectivity index (χ3n) is 5.68. The van der Waals surface area contributed by atoms with E-state index in [0.717, 1.165) is 22.5 Å². The fourth-order valence-electron chi connectivity index (χ4n) is 3.80. The number of nitrogens with zero attached hydrogens (tertiary/aromatic N) is 3. The van der Waals surface area contributed by atoms with Crippen LogP contribution < -0.4 is 10.1 Å². The first-order valence-corrected chi connectivity index (χ1v) is 12.0. The van der Waals surface area contributed by atoms with E-state index in [2.05, 4.69) is 5.32 Å². The number of ether oxygens (including phenoxy) is 1. The molecule has 1 amide bonds. The van der Waals surface area contributed by atoms with Crippen LogP contribution in [-0.2, 0) is 13.2 Å². The summed E-state index contributed by atoms with van der Waals surface area (Å²) in [6.45, 7) is 0.169. The van der Waals surface area contributed by atoms with Crippen LogP contribution in [0.4, 0.5) is 5.69 Å². The van der Waals surface area contributed by atoms with Crippen LogP contribution in [0.3, 0.4) is 0 Å². The predicted molar refractivity (Wildman–Crippen MR) is 141 cm³/mol. The molecule has 0 aliphatic rings. The summed E-state index contributed by atoms with van der Waals surface area (Å²) >= 11 is 6.07. The van der Waals surface area contributed by atoms with Crippen LogP contribution in [0, 0.1) is 10.1 Å². The molecule has 9 nitrogen and oxygen atoms in total. The first-order chi connectivity index (χ1) is 18.5. The van der Waals surface area contributed by atoms with E-state index in [1.165, 1.54) is 24.3 Å². The Bertz CT molecular complexity index is 1580. The lowest BCUT2D eigenvalue weighted by molar-refractivity contribution is -0.384. The molecule has 2 heterocycles. The van der Waals surface area contributed by atoms with Gasteiger partial charge < -0.3 is 14.5 Å². The number of furan rings is 1. The van der Waals surface area contributed by atoms with Gasteiger partial charge in [-0.3, -0.25) is 14.9 Å². The highest BCUT2D eigenvalue weighted by Crippen LogP contribution is 2.30. The molecule has 0 fully saturated rings. The third kappa shape index (κ3) is 5.58. The highest BCUT2D eigenvalue weighted by molar-refractivity contribution is 6.32. The molecule has 0 atom stereocenters. The van der Waals surface area contributed by atoms with Gasteiger partial charge in [0.25, 0.3) is 11.6 Å². The number of benzene rings is 3. The van der Waals surface area contributed by atoms with E-state index in [9.17, 15) is 14.9 Å². The van der Waals surface area contributed by atoms with Crippen LogP contribution in [0.25, 0.3) is 16.9 Å². The summed E-state index contributed by atoms with van der Waals surface area (Å²) in [7, 11) is 0. The lowest BCUT2D eigenvalue weighted by atomic mass is 10.1. The number of aromatic nitrogens is 2. The Morgan fingerprint density at radius 3 is 2.50 bits per heavy atom. The minimum Gasteiger partial charge on any atom is -0.484 e. The fraction of sp³-hybridized carbons (Fsp3) is 0.0714. The number of nitro benzene ring substituents is 1. The second-order valence-electron chi connectivity index (χ2n) is 8.26. The van der Waals surface area contributed by atoms with Gasteiger partial charge in [-0.2, -0.15) is 5.10 Å². The van der Waals surface area contributed by atoms with Crippen molar-refractivity contribution in [3.05, 3.63) is 129 Å². The molecular formula is C28H21ClN4O5. The molecule has 0 bridgehead atoms. The van der Waals surface area contributed by atoms with E-state index in [0.29, 0.717) is 5.76 Å². The summed E-state index contributed by atoms with van der Waals surface area (Å²) in [4.78, 5) is 23.3. The number of nitro groups is 1. The standard InChI is InChI=1S/C28H21ClN4O5/c29-24-13-11-22(33(35)36)15-26(24)37-18-23-12-14-25(38-23)28(34)30-16-20-17-32(21-9-5-2-6-10-21)31-27(20)19-7-3-1-4-8-19/h1-15,17H,16,18H2,(H,30,34). The second kappa shape index (κ2) is 11.0. The van der Waals surface area contributed by atoms with Crippen LogP contribution in [-0.4, -0.2) is 20.6 Å². The van der Waals surface area contributed by atoms with Gasteiger partial charge in [0.15, 0.2) is 5.76 Å². The lowest BCUT2D eigenvalue weighted by Crippen LogP contribution is -2.22. The average Bonchev–Trinajstić information content (AvgIpc) is 3.60. The van der Waals surface area contributed by atoms with Crippen molar-refractivity contribution < 1.29 is 18.9 Å². The topological polar surface area (TPSA) is 112 Å². The van der Waals surface area contributed by atoms with Crippen molar-refractivity contribution in [3.8, 4) is 22.7 Å². The van der Waals surface area contributed by atoms with Crippen LogP contribution in [0.5, 0.6) is 5.75 Å². The van der Waals surface area contributed by atoms with Crippen molar-refractivity contribution in [2.45, 2.75) is 13.2 Å². The van der Waals surface area contributed by atoms with Gasteiger partial charge in [0.1, 0.15) is 18.1 Å². The van der Waals surface area contributed by atoms with Crippen molar-refractivity contribution in [2.75, 3.05) is 0 Å². The van der Waals surface area contributed by atoms with Gasteiger partial charge in [-0.25, -0.2) is 4.68 Å². The molecule has 0 radical (unpaired) electrons. The maximum absolute atomic E-state index is 12.8. The predicted octanol–water partition coefficient (Wildman–Crippen LogP) is 6.20. The smallest absolute Gasteiger partial charge is 0.287 e. The van der Waals surface area contributed by atoms with E-state index in [4.69, 9.17) is 25.9 Å². The van der Waals surface area contributed by atoms with Crippen molar-refractivity contribution in [1.82, 2.24) is 15.1 Å². The van der Waals surface area contributed by atoms with Crippen molar-refractivity contribution in [3.63, 3.8) is 0 Å². The summed E-state index contributed by atoms with van der Waals surface area (Å²) in [5.41, 5.74) is 3.29. The second-order valence-corrected chi connectivity index (χ2v) is 8.67. The van der Waals surface area contributed by atoms with Gasteiger partial charge in [-0.1, -0.05) is 60.1 Å². The average molecular weight is 529 g/mol. The number of non-ortho nitro benzene ring substituents is 1. The van der Waals surface area contributed by atoms with Crippen molar-refractivity contribution in [2.24, 2.45) is 0 Å². The largest absolute Gasteiger partial charge is 0.484 e. The summed E-state index contributed by atoms with van der Waals surface area (Å²) in [5, 5.41) is 18.9. The first kappa shape index (κ1) is 24.8. The Morgan fingerprint density at radius 2 is 1.76 bits per heavy atom. The highest BCUT2D eigenvalue weighted by atomic mass is 35.5. The number of para-hydroxylation sites is 1. The lowest BCUT2D eigenvalue weighted by Gasteiger charge is -2.06. The van der Waals surface area contributed by atoms with Gasteiger partial charge >= 0.3 is 0 Å². The SMILES string of the molecule is O=C(NCc1cn(-c2ccccc2)nc1-c1ccccc1)c1ccc(COc2cc([N+](=O)[O-])ccc2Cl)o1. The van der Waals surface area contributed by atoms with Gasteiger partial charge in [0.05, 0.1) is 27.4 Å². The molecule has 0 aliphatic heterocycles. The summed E-state index contributed by atoms with van der Waals surface area (Å²) in [6, 6.07) is 26.5. The number of carbonyl (C=O) groups excluding carboxylic acids is 1. The monoisotopic (exact) mass is 528 g/mol. The Labute approximate surface area is 222 Å². The highest BCUT2D eigenvalue weighted by Gasteiger charge is 2.17. The van der Waals surface area contributed by atoms with E-state index in [1.54, 1.807) is 10.7 Å². The molecule has 10 heteroatoms. The van der Waals surface area contributed by atoms with Crippen molar-refractivity contribution in [1.29, 1.82) is 0 Å². The Morgan fingerprint density at radius 1 is 1.03 bits per heavy atom. The zero-order valence-electron chi connectivity index (χ0n) is 19.9. The minimum absolute atomic E-state index is 0.0594. The molecule has 5 rings (SSSR count). The Hall–Kier alpha value is -4.89. The molecule has 190 valence electrons. The van der Waals surface area contributed by atoms with Crippen LogP contribution in [0.15, 0.2) is 102 Å². The number of hydrogen-bond donors (Lipinski definition) is 1. The normalized spacial score (nSPS) is 10.8. The van der Waals surface area contributed by atoms with E-state index < -0.39 is 10.8 Å².